The number of benzene rings is 2. The van der Waals surface area contributed by atoms with Crippen LogP contribution in [-0.4, -0.2) is 34.6 Å². The minimum Gasteiger partial charge on any atom is -0.368 e. The number of nitrogens with two attached hydrogens (primary N) is 1. The summed E-state index contributed by atoms with van der Waals surface area (Å²) in [6.45, 7) is 4.58. The zero-order valence-electron chi connectivity index (χ0n) is 18.0. The summed E-state index contributed by atoms with van der Waals surface area (Å²) in [5.74, 6) is -0.945. The van der Waals surface area contributed by atoms with E-state index in [1.54, 1.807) is 18.2 Å². The van der Waals surface area contributed by atoms with E-state index in [4.69, 9.17) is 5.73 Å². The SMILES string of the molecule is CC(C)(CNc1ccc(C(=O)N[C@H](Cc2ccccc2)C(N)=O)nn1)c1ccc(F)cc1. The summed E-state index contributed by atoms with van der Waals surface area (Å²) in [5, 5.41) is 13.8. The monoisotopic (exact) mass is 435 g/mol. The van der Waals surface area contributed by atoms with Gasteiger partial charge in [0.05, 0.1) is 0 Å². The van der Waals surface area contributed by atoms with Crippen molar-refractivity contribution >= 4 is 17.6 Å². The molecule has 0 bridgehead atoms. The third-order valence-corrected chi connectivity index (χ3v) is 5.17. The van der Waals surface area contributed by atoms with Crippen molar-refractivity contribution in [3.8, 4) is 0 Å². The van der Waals surface area contributed by atoms with Crippen molar-refractivity contribution in [1.29, 1.82) is 0 Å². The predicted octanol–water partition coefficient (Wildman–Crippen LogP) is 2.83. The van der Waals surface area contributed by atoms with Gasteiger partial charge in [-0.25, -0.2) is 4.39 Å². The van der Waals surface area contributed by atoms with Gasteiger partial charge in [0.25, 0.3) is 5.91 Å². The standard InChI is InChI=1S/C24H26FN5O2/c1-24(2,17-8-10-18(25)11-9-17)15-27-21-13-12-19(29-30-21)23(32)28-20(22(26)31)14-16-6-4-3-5-7-16/h3-13,20H,14-15H2,1-2H3,(H2,26,31)(H,27,30)(H,28,32)/t20-/m1/s1. The van der Waals surface area contributed by atoms with Gasteiger partial charge in [-0.15, -0.1) is 10.2 Å². The summed E-state index contributed by atoms with van der Waals surface area (Å²) in [7, 11) is 0. The molecular formula is C24H26FN5O2. The Kier molecular flexibility index (Phi) is 7.14. The number of carbonyl (C=O) groups excluding carboxylic acids is 2. The molecule has 0 fully saturated rings. The Morgan fingerprint density at radius 1 is 1.00 bits per heavy atom. The van der Waals surface area contributed by atoms with Gasteiger partial charge in [0.15, 0.2) is 5.69 Å². The fourth-order valence-electron chi connectivity index (χ4n) is 3.17. The molecule has 166 valence electrons. The molecule has 0 saturated carbocycles. The molecule has 1 atom stereocenters. The van der Waals surface area contributed by atoms with E-state index in [2.05, 4.69) is 20.8 Å². The number of hydrogen-bond acceptors (Lipinski definition) is 5. The zero-order chi connectivity index (χ0) is 23.1. The molecule has 2 amide bonds. The number of aromatic nitrogens is 2. The first-order valence-electron chi connectivity index (χ1n) is 10.2. The summed E-state index contributed by atoms with van der Waals surface area (Å²) in [6, 6.07) is 18.0. The second kappa shape index (κ2) is 10.00. The number of nitrogens with zero attached hydrogens (tertiary/aromatic N) is 2. The Balaban J connectivity index is 1.59. The van der Waals surface area contributed by atoms with Crippen molar-refractivity contribution < 1.29 is 14.0 Å². The average Bonchev–Trinajstić information content (AvgIpc) is 2.78. The van der Waals surface area contributed by atoms with Crippen LogP contribution in [0.15, 0.2) is 66.7 Å². The molecule has 0 saturated heterocycles. The third kappa shape index (κ3) is 6.10. The Morgan fingerprint density at radius 2 is 1.69 bits per heavy atom. The molecule has 32 heavy (non-hydrogen) atoms. The van der Waals surface area contributed by atoms with Crippen LogP contribution in [-0.2, 0) is 16.6 Å². The van der Waals surface area contributed by atoms with E-state index in [9.17, 15) is 14.0 Å². The van der Waals surface area contributed by atoms with Crippen LogP contribution in [0.3, 0.4) is 0 Å². The number of carbonyl (C=O) groups is 2. The molecule has 8 heteroatoms. The number of halogens is 1. The summed E-state index contributed by atoms with van der Waals surface area (Å²) in [6.07, 6.45) is 0.285. The van der Waals surface area contributed by atoms with E-state index in [1.165, 1.54) is 18.2 Å². The van der Waals surface area contributed by atoms with Gasteiger partial charge in [0, 0.05) is 18.4 Å². The van der Waals surface area contributed by atoms with Gasteiger partial charge in [0.1, 0.15) is 17.7 Å². The first kappa shape index (κ1) is 22.9. The van der Waals surface area contributed by atoms with Gasteiger partial charge in [-0.3, -0.25) is 9.59 Å². The quantitative estimate of drug-likeness (QED) is 0.479. The lowest BCUT2D eigenvalue weighted by molar-refractivity contribution is -0.119. The van der Waals surface area contributed by atoms with Crippen molar-refractivity contribution in [2.45, 2.75) is 31.7 Å². The van der Waals surface area contributed by atoms with Crippen molar-refractivity contribution in [2.24, 2.45) is 5.73 Å². The van der Waals surface area contributed by atoms with Crippen LogP contribution in [0.4, 0.5) is 10.2 Å². The molecule has 0 radical (unpaired) electrons. The lowest BCUT2D eigenvalue weighted by atomic mass is 9.84. The lowest BCUT2D eigenvalue weighted by Crippen LogP contribution is -2.46. The van der Waals surface area contributed by atoms with E-state index < -0.39 is 17.9 Å². The topological polar surface area (TPSA) is 110 Å². The van der Waals surface area contributed by atoms with Crippen LogP contribution in [0, 0.1) is 5.82 Å². The first-order chi connectivity index (χ1) is 15.2. The van der Waals surface area contributed by atoms with Crippen LogP contribution in [0.1, 0.15) is 35.5 Å². The van der Waals surface area contributed by atoms with Crippen LogP contribution in [0.5, 0.6) is 0 Å². The normalized spacial score (nSPS) is 12.1. The molecule has 4 N–H and O–H groups in total. The second-order valence-corrected chi connectivity index (χ2v) is 8.17. The van der Waals surface area contributed by atoms with E-state index in [-0.39, 0.29) is 23.3 Å². The van der Waals surface area contributed by atoms with Gasteiger partial charge in [-0.1, -0.05) is 56.3 Å². The maximum Gasteiger partial charge on any atom is 0.272 e. The summed E-state index contributed by atoms with van der Waals surface area (Å²) < 4.78 is 13.2. The lowest BCUT2D eigenvalue weighted by Gasteiger charge is -2.25. The molecule has 1 heterocycles. The molecule has 1 aromatic heterocycles. The number of anilines is 1. The van der Waals surface area contributed by atoms with Crippen LogP contribution in [0.2, 0.25) is 0 Å². The molecule has 2 aromatic carbocycles. The average molecular weight is 436 g/mol. The number of rotatable bonds is 9. The molecule has 7 nitrogen and oxygen atoms in total. The Morgan fingerprint density at radius 3 is 2.28 bits per heavy atom. The smallest absolute Gasteiger partial charge is 0.272 e. The molecule has 0 aliphatic rings. The van der Waals surface area contributed by atoms with Crippen LogP contribution < -0.4 is 16.4 Å². The number of nitrogens with one attached hydrogen (secondary N) is 2. The molecule has 0 unspecified atom stereocenters. The van der Waals surface area contributed by atoms with Crippen molar-refractivity contribution in [3.05, 3.63) is 89.4 Å². The summed E-state index contributed by atoms with van der Waals surface area (Å²) >= 11 is 0. The van der Waals surface area contributed by atoms with Gasteiger partial charge >= 0.3 is 0 Å². The second-order valence-electron chi connectivity index (χ2n) is 8.17. The highest BCUT2D eigenvalue weighted by atomic mass is 19.1. The van der Waals surface area contributed by atoms with Crippen LogP contribution >= 0.6 is 0 Å². The number of amides is 2. The third-order valence-electron chi connectivity index (χ3n) is 5.17. The fraction of sp³-hybridized carbons (Fsp3) is 0.250. The first-order valence-corrected chi connectivity index (χ1v) is 10.2. The van der Waals surface area contributed by atoms with Gasteiger partial charge in [-0.2, -0.15) is 0 Å². The number of primary amides is 1. The highest BCUT2D eigenvalue weighted by Crippen LogP contribution is 2.23. The van der Waals surface area contributed by atoms with Crippen molar-refractivity contribution in [3.63, 3.8) is 0 Å². The van der Waals surface area contributed by atoms with Gasteiger partial charge < -0.3 is 16.4 Å². The van der Waals surface area contributed by atoms with E-state index in [1.807, 2.05) is 44.2 Å². The molecule has 0 spiro atoms. The van der Waals surface area contributed by atoms with Crippen molar-refractivity contribution in [2.75, 3.05) is 11.9 Å². The number of hydrogen-bond donors (Lipinski definition) is 3. The Labute approximate surface area is 186 Å². The highest BCUT2D eigenvalue weighted by molar-refractivity contribution is 5.95. The molecule has 0 aliphatic carbocycles. The van der Waals surface area contributed by atoms with Gasteiger partial charge in [0.2, 0.25) is 5.91 Å². The van der Waals surface area contributed by atoms with Crippen LogP contribution in [0.25, 0.3) is 0 Å². The van der Waals surface area contributed by atoms with E-state index in [0.29, 0.717) is 12.4 Å². The molecular weight excluding hydrogens is 409 g/mol. The Bertz CT molecular complexity index is 1050. The Hall–Kier alpha value is -3.81. The summed E-state index contributed by atoms with van der Waals surface area (Å²) in [4.78, 5) is 24.3. The maximum atomic E-state index is 13.2. The summed E-state index contributed by atoms with van der Waals surface area (Å²) in [5.41, 5.74) is 7.11. The zero-order valence-corrected chi connectivity index (χ0v) is 18.0. The minimum absolute atomic E-state index is 0.0765. The predicted molar refractivity (Wildman–Crippen MR) is 121 cm³/mol. The maximum absolute atomic E-state index is 13.2. The van der Waals surface area contributed by atoms with E-state index in [0.717, 1.165) is 11.1 Å². The highest BCUT2D eigenvalue weighted by Gasteiger charge is 2.22. The van der Waals surface area contributed by atoms with Crippen molar-refractivity contribution in [1.82, 2.24) is 15.5 Å². The van der Waals surface area contributed by atoms with E-state index >= 15 is 0 Å². The fourth-order valence-corrected chi connectivity index (χ4v) is 3.17. The molecule has 3 rings (SSSR count). The van der Waals surface area contributed by atoms with Gasteiger partial charge in [-0.05, 0) is 35.4 Å². The molecule has 3 aromatic rings. The minimum atomic E-state index is -0.860. The largest absolute Gasteiger partial charge is 0.368 e. The molecule has 0 aliphatic heterocycles.